The average molecular weight is 261 g/mol. The third kappa shape index (κ3) is 2.95. The summed E-state index contributed by atoms with van der Waals surface area (Å²) >= 11 is 0. The van der Waals surface area contributed by atoms with E-state index >= 15 is 0 Å². The summed E-state index contributed by atoms with van der Waals surface area (Å²) < 4.78 is 17.5. The predicted octanol–water partition coefficient (Wildman–Crippen LogP) is 2.59. The van der Waals surface area contributed by atoms with Crippen LogP contribution in [0.5, 0.6) is 5.75 Å². The Morgan fingerprint density at radius 2 is 1.58 bits per heavy atom. The van der Waals surface area contributed by atoms with E-state index in [0.717, 1.165) is 17.6 Å². The van der Waals surface area contributed by atoms with Crippen LogP contribution in [0.1, 0.15) is 34.1 Å². The maximum atomic E-state index is 6.00. The first-order valence-electron chi connectivity index (χ1n) is 6.73. The van der Waals surface area contributed by atoms with Gasteiger partial charge < -0.3 is 14.0 Å². The van der Waals surface area contributed by atoms with Gasteiger partial charge in [0.15, 0.2) is 0 Å². The van der Waals surface area contributed by atoms with Crippen molar-refractivity contribution in [1.29, 1.82) is 0 Å². The highest BCUT2D eigenvalue weighted by Crippen LogP contribution is 2.36. The van der Waals surface area contributed by atoms with Crippen LogP contribution in [-0.2, 0) is 9.31 Å². The zero-order valence-electron chi connectivity index (χ0n) is 12.2. The van der Waals surface area contributed by atoms with Gasteiger partial charge in [-0.15, -0.1) is 0 Å². The smallest absolute Gasteiger partial charge is 0.494 e. The van der Waals surface area contributed by atoms with Crippen LogP contribution in [0.2, 0.25) is 0 Å². The van der Waals surface area contributed by atoms with Gasteiger partial charge in [0.25, 0.3) is 0 Å². The molecule has 103 valence electrons. The Bertz CT molecular complexity index is 410. The molecule has 0 unspecified atom stereocenters. The molecular weight excluding hydrogens is 239 g/mol. The maximum Gasteiger partial charge on any atom is 0.494 e. The molecule has 1 aromatic rings. The molecular formula is C15H22BO3. The fourth-order valence-corrected chi connectivity index (χ4v) is 1.89. The molecule has 0 atom stereocenters. The van der Waals surface area contributed by atoms with E-state index < -0.39 is 0 Å². The first-order valence-corrected chi connectivity index (χ1v) is 6.73. The highest BCUT2D eigenvalue weighted by atomic mass is 16.7. The standard InChI is InChI=1S/C15H22BO3/c1-6-11-17-13-9-7-12(8-10-13)16-18-14(2,3)15(4,5)19-16/h7-10H,1,6,11H2,2-5H3. The molecule has 2 rings (SSSR count). The molecule has 1 heterocycles. The van der Waals surface area contributed by atoms with E-state index in [1.807, 2.05) is 24.3 Å². The fourth-order valence-electron chi connectivity index (χ4n) is 1.89. The summed E-state index contributed by atoms with van der Waals surface area (Å²) in [6.45, 7) is 12.6. The lowest BCUT2D eigenvalue weighted by Crippen LogP contribution is -2.41. The van der Waals surface area contributed by atoms with E-state index in [2.05, 4.69) is 34.6 Å². The summed E-state index contributed by atoms with van der Waals surface area (Å²) in [5.41, 5.74) is 0.405. The van der Waals surface area contributed by atoms with Crippen molar-refractivity contribution in [2.24, 2.45) is 0 Å². The molecule has 0 spiro atoms. The summed E-state index contributed by atoms with van der Waals surface area (Å²) in [5, 5.41) is 0. The van der Waals surface area contributed by atoms with Gasteiger partial charge in [-0.3, -0.25) is 0 Å². The quantitative estimate of drug-likeness (QED) is 0.780. The molecule has 3 nitrogen and oxygen atoms in total. The van der Waals surface area contributed by atoms with Crippen LogP contribution in [0.3, 0.4) is 0 Å². The van der Waals surface area contributed by atoms with Gasteiger partial charge >= 0.3 is 7.12 Å². The van der Waals surface area contributed by atoms with Gasteiger partial charge in [-0.05, 0) is 58.6 Å². The third-order valence-corrected chi connectivity index (χ3v) is 3.82. The molecule has 0 bridgehead atoms. The first kappa shape index (κ1) is 14.4. The molecule has 0 saturated carbocycles. The van der Waals surface area contributed by atoms with E-state index in [1.54, 1.807) is 0 Å². The molecule has 4 heteroatoms. The minimum Gasteiger partial charge on any atom is -0.494 e. The summed E-state index contributed by atoms with van der Waals surface area (Å²) in [6, 6.07) is 7.85. The Kier molecular flexibility index (Phi) is 3.93. The van der Waals surface area contributed by atoms with Crippen LogP contribution < -0.4 is 10.2 Å². The van der Waals surface area contributed by atoms with Crippen molar-refractivity contribution in [3.05, 3.63) is 31.2 Å². The molecule has 0 amide bonds. The lowest BCUT2D eigenvalue weighted by atomic mass is 9.79. The number of ether oxygens (including phenoxy) is 1. The second-order valence-corrected chi connectivity index (χ2v) is 5.86. The van der Waals surface area contributed by atoms with E-state index in [0.29, 0.717) is 6.61 Å². The lowest BCUT2D eigenvalue weighted by molar-refractivity contribution is 0.00578. The van der Waals surface area contributed by atoms with Crippen molar-refractivity contribution in [2.45, 2.75) is 45.3 Å². The number of rotatable bonds is 4. The summed E-state index contributed by atoms with van der Waals surface area (Å²) in [4.78, 5) is 0. The summed E-state index contributed by atoms with van der Waals surface area (Å²) in [6.07, 6.45) is 0.763. The van der Waals surface area contributed by atoms with Crippen LogP contribution in [0.15, 0.2) is 24.3 Å². The second kappa shape index (κ2) is 5.18. The molecule has 1 radical (unpaired) electrons. The van der Waals surface area contributed by atoms with Crippen LogP contribution in [0, 0.1) is 6.92 Å². The van der Waals surface area contributed by atoms with Gasteiger partial charge in [0.2, 0.25) is 0 Å². The lowest BCUT2D eigenvalue weighted by Gasteiger charge is -2.32. The van der Waals surface area contributed by atoms with Gasteiger partial charge in [-0.2, -0.15) is 0 Å². The normalized spacial score (nSPS) is 20.6. The van der Waals surface area contributed by atoms with Crippen molar-refractivity contribution in [2.75, 3.05) is 6.61 Å². The van der Waals surface area contributed by atoms with Crippen molar-refractivity contribution >= 4 is 12.6 Å². The summed E-state index contributed by atoms with van der Waals surface area (Å²) in [5.74, 6) is 0.851. The van der Waals surface area contributed by atoms with Crippen LogP contribution in [-0.4, -0.2) is 24.9 Å². The van der Waals surface area contributed by atoms with Crippen molar-refractivity contribution < 1.29 is 14.0 Å². The Hall–Kier alpha value is -0.995. The highest BCUT2D eigenvalue weighted by molar-refractivity contribution is 6.62. The van der Waals surface area contributed by atoms with Gasteiger partial charge in [0, 0.05) is 0 Å². The Balaban J connectivity index is 2.08. The van der Waals surface area contributed by atoms with Crippen molar-refractivity contribution in [1.82, 2.24) is 0 Å². The summed E-state index contributed by atoms with van der Waals surface area (Å²) in [7, 11) is -0.313. The topological polar surface area (TPSA) is 27.7 Å². The molecule has 0 aliphatic carbocycles. The molecule has 0 N–H and O–H groups in total. The van der Waals surface area contributed by atoms with E-state index in [9.17, 15) is 0 Å². The monoisotopic (exact) mass is 261 g/mol. The molecule has 19 heavy (non-hydrogen) atoms. The van der Waals surface area contributed by atoms with Gasteiger partial charge in [0.05, 0.1) is 17.8 Å². The van der Waals surface area contributed by atoms with Crippen LogP contribution in [0.4, 0.5) is 0 Å². The fraction of sp³-hybridized carbons (Fsp3) is 0.533. The zero-order valence-corrected chi connectivity index (χ0v) is 12.2. The minimum absolute atomic E-state index is 0.305. The average Bonchev–Trinajstić information content (AvgIpc) is 2.56. The number of hydrogen-bond acceptors (Lipinski definition) is 3. The van der Waals surface area contributed by atoms with Gasteiger partial charge in [-0.25, -0.2) is 0 Å². The zero-order chi connectivity index (χ0) is 14.1. The first-order chi connectivity index (χ1) is 8.86. The van der Waals surface area contributed by atoms with E-state index in [4.69, 9.17) is 14.0 Å². The molecule has 1 saturated heterocycles. The Morgan fingerprint density at radius 3 is 2.05 bits per heavy atom. The molecule has 1 aliphatic heterocycles. The number of benzene rings is 1. The minimum atomic E-state index is -0.313. The number of hydrogen-bond donors (Lipinski definition) is 0. The van der Waals surface area contributed by atoms with Crippen molar-refractivity contribution in [3.63, 3.8) is 0 Å². The van der Waals surface area contributed by atoms with Crippen LogP contribution in [0.25, 0.3) is 0 Å². The third-order valence-electron chi connectivity index (χ3n) is 3.82. The van der Waals surface area contributed by atoms with Gasteiger partial charge in [0.1, 0.15) is 5.75 Å². The molecule has 1 fully saturated rings. The maximum absolute atomic E-state index is 6.00. The van der Waals surface area contributed by atoms with Crippen LogP contribution >= 0.6 is 0 Å². The molecule has 1 aliphatic rings. The Labute approximate surface area is 116 Å². The van der Waals surface area contributed by atoms with Gasteiger partial charge in [-0.1, -0.05) is 12.1 Å². The van der Waals surface area contributed by atoms with Crippen molar-refractivity contribution in [3.8, 4) is 5.75 Å². The largest absolute Gasteiger partial charge is 0.494 e. The molecule has 1 aromatic carbocycles. The van der Waals surface area contributed by atoms with E-state index in [-0.39, 0.29) is 18.3 Å². The predicted molar refractivity (Wildman–Crippen MR) is 77.6 cm³/mol. The Morgan fingerprint density at radius 1 is 1.05 bits per heavy atom. The highest BCUT2D eigenvalue weighted by Gasteiger charge is 2.51. The molecule has 0 aromatic heterocycles. The van der Waals surface area contributed by atoms with E-state index in [1.165, 1.54) is 0 Å². The SMILES string of the molecule is [CH2]CCOc1ccc(B2OC(C)(C)C(C)(C)O2)cc1. The second-order valence-electron chi connectivity index (χ2n) is 5.86.